The Morgan fingerprint density at radius 1 is 0.870 bits per heavy atom. The molecule has 0 saturated heterocycles. The van der Waals surface area contributed by atoms with Crippen LogP contribution in [0.15, 0.2) is 63.4 Å². The van der Waals surface area contributed by atoms with Gasteiger partial charge in [-0.3, -0.25) is 14.5 Å². The van der Waals surface area contributed by atoms with Gasteiger partial charge in [-0.1, -0.05) is 18.2 Å². The van der Waals surface area contributed by atoms with E-state index in [0.29, 0.717) is 5.69 Å². The lowest BCUT2D eigenvalue weighted by Crippen LogP contribution is -2.03. The van der Waals surface area contributed by atoms with E-state index in [0.717, 1.165) is 0 Å². The maximum Gasteiger partial charge on any atom is 0.295 e. The fraction of sp³-hybridized carbons (Fsp3) is 0. The highest BCUT2D eigenvalue weighted by Gasteiger charge is 2.13. The molecular formula is C13H12N2O6S2. The van der Waals surface area contributed by atoms with Gasteiger partial charge in [0.2, 0.25) is 0 Å². The molecule has 3 N–H and O–H groups in total. The molecule has 2 aromatic rings. The highest BCUT2D eigenvalue weighted by molar-refractivity contribution is 7.86. The van der Waals surface area contributed by atoms with Crippen molar-refractivity contribution in [1.29, 1.82) is 0 Å². The number of nitrogens with one attached hydrogen (secondary N) is 1. The summed E-state index contributed by atoms with van der Waals surface area (Å²) in [5, 5.41) is 3.82. The van der Waals surface area contributed by atoms with Crippen LogP contribution in [0.25, 0.3) is 0 Å². The van der Waals surface area contributed by atoms with Crippen LogP contribution in [0.5, 0.6) is 0 Å². The average molecular weight is 356 g/mol. The molecule has 0 saturated carbocycles. The molecule has 0 heterocycles. The topological polar surface area (TPSA) is 133 Å². The van der Waals surface area contributed by atoms with E-state index in [-0.39, 0.29) is 15.4 Å². The Bertz CT molecular complexity index is 935. The molecule has 23 heavy (non-hydrogen) atoms. The first-order valence-electron chi connectivity index (χ1n) is 6.11. The molecule has 0 amide bonds. The van der Waals surface area contributed by atoms with Crippen molar-refractivity contribution < 1.29 is 25.9 Å². The second-order valence-corrected chi connectivity index (χ2v) is 7.19. The summed E-state index contributed by atoms with van der Waals surface area (Å²) in [5.41, 5.74) is 3.16. The van der Waals surface area contributed by atoms with Crippen molar-refractivity contribution in [2.45, 2.75) is 9.79 Å². The Kier molecular flexibility index (Phi) is 4.80. The fourth-order valence-corrected chi connectivity index (χ4v) is 2.85. The van der Waals surface area contributed by atoms with E-state index in [1.807, 2.05) is 0 Å². The summed E-state index contributed by atoms with van der Waals surface area (Å²) in [6, 6.07) is 10.8. The molecule has 0 aromatic heterocycles. The van der Waals surface area contributed by atoms with Crippen molar-refractivity contribution in [2.24, 2.45) is 5.10 Å². The highest BCUT2D eigenvalue weighted by atomic mass is 32.2. The number of rotatable bonds is 5. The largest absolute Gasteiger partial charge is 0.295 e. The first-order valence-corrected chi connectivity index (χ1v) is 8.99. The van der Waals surface area contributed by atoms with Gasteiger partial charge < -0.3 is 0 Å². The van der Waals surface area contributed by atoms with E-state index in [4.69, 9.17) is 9.11 Å². The van der Waals surface area contributed by atoms with Crippen LogP contribution in [0.1, 0.15) is 5.56 Å². The summed E-state index contributed by atoms with van der Waals surface area (Å²) in [4.78, 5) is -0.545. The molecule has 0 atom stereocenters. The van der Waals surface area contributed by atoms with Crippen LogP contribution in [0.4, 0.5) is 5.69 Å². The van der Waals surface area contributed by atoms with Gasteiger partial charge in [-0.05, 0) is 30.3 Å². The van der Waals surface area contributed by atoms with Crippen molar-refractivity contribution in [3.05, 3.63) is 54.1 Å². The second-order valence-electron chi connectivity index (χ2n) is 4.38. The van der Waals surface area contributed by atoms with Crippen molar-refractivity contribution in [3.63, 3.8) is 0 Å². The highest BCUT2D eigenvalue weighted by Crippen LogP contribution is 2.15. The molecule has 2 aromatic carbocycles. The standard InChI is InChI=1S/C13H12N2O6S2/c16-22(17,18)12-7-5-11(6-8-12)15-14-9-10-3-1-2-4-13(10)23(19,20)21/h1-9,15H,(H,16,17,18)(H,19,20,21)/b14-9+. The smallest absolute Gasteiger partial charge is 0.282 e. The van der Waals surface area contributed by atoms with Gasteiger partial charge in [0.1, 0.15) is 4.90 Å². The SMILES string of the molecule is O=S(=O)(O)c1ccc(N/N=C/c2ccccc2S(=O)(=O)O)cc1. The molecule has 122 valence electrons. The lowest BCUT2D eigenvalue weighted by molar-refractivity contribution is 0.481. The van der Waals surface area contributed by atoms with E-state index >= 15 is 0 Å². The van der Waals surface area contributed by atoms with Crippen molar-refractivity contribution in [1.82, 2.24) is 0 Å². The van der Waals surface area contributed by atoms with Crippen molar-refractivity contribution >= 4 is 32.1 Å². The Balaban J connectivity index is 2.17. The molecular weight excluding hydrogens is 344 g/mol. The van der Waals surface area contributed by atoms with Gasteiger partial charge in [-0.2, -0.15) is 21.9 Å². The third kappa shape index (κ3) is 4.60. The molecule has 0 aliphatic heterocycles. The van der Waals surface area contributed by atoms with Gasteiger partial charge in [0, 0.05) is 5.56 Å². The molecule has 0 fully saturated rings. The molecule has 0 spiro atoms. The van der Waals surface area contributed by atoms with E-state index in [1.54, 1.807) is 6.07 Å². The molecule has 0 bridgehead atoms. The molecule has 0 unspecified atom stereocenters. The zero-order valence-electron chi connectivity index (χ0n) is 11.5. The van der Waals surface area contributed by atoms with Crippen LogP contribution >= 0.6 is 0 Å². The van der Waals surface area contributed by atoms with Crippen LogP contribution in [0.2, 0.25) is 0 Å². The number of hydrogen-bond acceptors (Lipinski definition) is 6. The van der Waals surface area contributed by atoms with Gasteiger partial charge in [-0.15, -0.1) is 0 Å². The Labute approximate surface area is 133 Å². The first-order chi connectivity index (χ1) is 10.7. The van der Waals surface area contributed by atoms with Gasteiger partial charge in [-0.25, -0.2) is 0 Å². The van der Waals surface area contributed by atoms with E-state index < -0.39 is 20.2 Å². The Hall–Kier alpha value is -2.27. The second kappa shape index (κ2) is 6.46. The van der Waals surface area contributed by atoms with Crippen LogP contribution in [0.3, 0.4) is 0 Å². The van der Waals surface area contributed by atoms with Crippen LogP contribution in [0, 0.1) is 0 Å². The minimum atomic E-state index is -4.36. The minimum Gasteiger partial charge on any atom is -0.282 e. The van der Waals surface area contributed by atoms with Crippen LogP contribution in [-0.2, 0) is 20.2 Å². The Morgan fingerprint density at radius 3 is 2.04 bits per heavy atom. The van der Waals surface area contributed by atoms with Gasteiger partial charge >= 0.3 is 0 Å². The summed E-state index contributed by atoms with van der Waals surface area (Å²) in [6.07, 6.45) is 1.19. The van der Waals surface area contributed by atoms with Crippen molar-refractivity contribution in [2.75, 3.05) is 5.43 Å². The molecule has 8 nitrogen and oxygen atoms in total. The zero-order valence-corrected chi connectivity index (χ0v) is 13.1. The fourth-order valence-electron chi connectivity index (χ4n) is 1.70. The van der Waals surface area contributed by atoms with Gasteiger partial charge in [0.25, 0.3) is 20.2 Å². The summed E-state index contributed by atoms with van der Waals surface area (Å²) in [5.74, 6) is 0. The number of benzene rings is 2. The molecule has 0 aliphatic carbocycles. The number of nitrogens with zero attached hydrogens (tertiary/aromatic N) is 1. The lowest BCUT2D eigenvalue weighted by atomic mass is 10.2. The number of hydrogen-bond donors (Lipinski definition) is 3. The van der Waals surface area contributed by atoms with Crippen LogP contribution < -0.4 is 5.43 Å². The summed E-state index contributed by atoms with van der Waals surface area (Å²) in [7, 11) is -8.63. The molecule has 0 aliphatic rings. The quantitative estimate of drug-likeness (QED) is 0.421. The third-order valence-corrected chi connectivity index (χ3v) is 4.54. The molecule has 2 rings (SSSR count). The van der Waals surface area contributed by atoms with Crippen molar-refractivity contribution in [3.8, 4) is 0 Å². The van der Waals surface area contributed by atoms with E-state index in [1.165, 1.54) is 48.7 Å². The van der Waals surface area contributed by atoms with Gasteiger partial charge in [0.05, 0.1) is 16.8 Å². The maximum atomic E-state index is 11.2. The number of anilines is 1. The maximum absolute atomic E-state index is 11.2. The summed E-state index contributed by atoms with van der Waals surface area (Å²) in [6.45, 7) is 0. The molecule has 10 heteroatoms. The monoisotopic (exact) mass is 356 g/mol. The van der Waals surface area contributed by atoms with E-state index in [2.05, 4.69) is 10.5 Å². The van der Waals surface area contributed by atoms with Gasteiger partial charge in [0.15, 0.2) is 0 Å². The summed E-state index contributed by atoms with van der Waals surface area (Å²) < 4.78 is 62.2. The van der Waals surface area contributed by atoms with Crippen LogP contribution in [-0.4, -0.2) is 32.2 Å². The first kappa shape index (κ1) is 17.1. The Morgan fingerprint density at radius 2 is 1.48 bits per heavy atom. The number of hydrazone groups is 1. The normalized spacial score (nSPS) is 12.4. The minimum absolute atomic E-state index is 0.178. The third-order valence-electron chi connectivity index (χ3n) is 2.75. The predicted octanol–water partition coefficient (Wildman–Crippen LogP) is 1.63. The summed E-state index contributed by atoms with van der Waals surface area (Å²) >= 11 is 0. The lowest BCUT2D eigenvalue weighted by Gasteiger charge is -2.03. The van der Waals surface area contributed by atoms with E-state index in [9.17, 15) is 16.8 Å². The average Bonchev–Trinajstić information content (AvgIpc) is 2.46. The molecule has 0 radical (unpaired) electrons. The predicted molar refractivity (Wildman–Crippen MR) is 83.7 cm³/mol. The zero-order chi connectivity index (χ0) is 17.1.